The molecule has 0 aliphatic rings. The van der Waals surface area contributed by atoms with Gasteiger partial charge < -0.3 is 19.3 Å². The van der Waals surface area contributed by atoms with Crippen LogP contribution in [-0.2, 0) is 0 Å². The second-order valence-electron chi connectivity index (χ2n) is 8.12. The maximum atomic E-state index is 9.96. The summed E-state index contributed by atoms with van der Waals surface area (Å²) in [5.41, 5.74) is 3.70. The number of benzene rings is 2. The van der Waals surface area contributed by atoms with E-state index in [1.807, 2.05) is 48.5 Å². The molecular weight excluding hydrogens is 422 g/mol. The summed E-state index contributed by atoms with van der Waals surface area (Å²) in [6.07, 6.45) is 0.771. The third-order valence-electron chi connectivity index (χ3n) is 6.25. The zero-order valence-corrected chi connectivity index (χ0v) is 21.6. The predicted molar refractivity (Wildman–Crippen MR) is 142 cm³/mol. The van der Waals surface area contributed by atoms with Gasteiger partial charge in [0, 0.05) is 13.1 Å². The Morgan fingerprint density at radius 3 is 1.44 bits per heavy atom. The molecule has 0 heterocycles. The lowest BCUT2D eigenvalue weighted by Gasteiger charge is -2.18. The van der Waals surface area contributed by atoms with Crippen LogP contribution in [0.1, 0.15) is 52.2 Å². The standard InChI is InChI=1S/C29H41N3O2/c1-6-28(24-11-15-26(16-12-24)33-21-19-31(7-2)8-3)29(23-30)25-13-17-27(18-14-25)34-22-20-32(9-4)10-5/h11-18H,6-10,19-22H2,1-5H3/b29-28-. The van der Waals surface area contributed by atoms with Crippen LogP contribution in [0.5, 0.6) is 11.5 Å². The Hall–Kier alpha value is -2.81. The molecule has 2 aromatic rings. The molecule has 0 bridgehead atoms. The van der Waals surface area contributed by atoms with Crippen molar-refractivity contribution < 1.29 is 9.47 Å². The minimum Gasteiger partial charge on any atom is -0.492 e. The van der Waals surface area contributed by atoms with Crippen LogP contribution < -0.4 is 9.47 Å². The van der Waals surface area contributed by atoms with Gasteiger partial charge in [-0.15, -0.1) is 0 Å². The first-order chi connectivity index (χ1) is 16.6. The summed E-state index contributed by atoms with van der Waals surface area (Å²) in [5.74, 6) is 1.69. The summed E-state index contributed by atoms with van der Waals surface area (Å²) in [5, 5.41) is 9.96. The normalized spacial score (nSPS) is 11.9. The van der Waals surface area contributed by atoms with Gasteiger partial charge in [0.25, 0.3) is 0 Å². The molecule has 0 unspecified atom stereocenters. The first-order valence-electron chi connectivity index (χ1n) is 12.6. The lowest BCUT2D eigenvalue weighted by atomic mass is 9.93. The van der Waals surface area contributed by atoms with Crippen molar-refractivity contribution in [2.75, 3.05) is 52.5 Å². The van der Waals surface area contributed by atoms with Gasteiger partial charge in [0.05, 0.1) is 5.57 Å². The zero-order chi connectivity index (χ0) is 24.8. The van der Waals surface area contributed by atoms with Crippen molar-refractivity contribution >= 4 is 11.1 Å². The van der Waals surface area contributed by atoms with Crippen LogP contribution in [0.4, 0.5) is 0 Å². The molecule has 5 nitrogen and oxygen atoms in total. The van der Waals surface area contributed by atoms with Crippen molar-refractivity contribution in [1.29, 1.82) is 5.26 Å². The number of allylic oxidation sites excluding steroid dienone is 2. The average molecular weight is 464 g/mol. The van der Waals surface area contributed by atoms with Crippen LogP contribution >= 0.6 is 0 Å². The second-order valence-corrected chi connectivity index (χ2v) is 8.12. The first-order valence-corrected chi connectivity index (χ1v) is 12.6. The van der Waals surface area contributed by atoms with E-state index in [0.29, 0.717) is 18.8 Å². The van der Waals surface area contributed by atoms with E-state index in [9.17, 15) is 5.26 Å². The summed E-state index contributed by atoms with van der Waals surface area (Å²) in [7, 11) is 0. The van der Waals surface area contributed by atoms with E-state index in [-0.39, 0.29) is 0 Å². The lowest BCUT2D eigenvalue weighted by Crippen LogP contribution is -2.27. The van der Waals surface area contributed by atoms with Gasteiger partial charge in [-0.25, -0.2) is 0 Å². The highest BCUT2D eigenvalue weighted by Crippen LogP contribution is 2.30. The fraction of sp³-hybridized carbons (Fsp3) is 0.483. The van der Waals surface area contributed by atoms with Gasteiger partial charge in [0.15, 0.2) is 0 Å². The Bertz CT molecular complexity index is 906. The van der Waals surface area contributed by atoms with Gasteiger partial charge in [-0.2, -0.15) is 5.26 Å². The molecule has 0 atom stereocenters. The maximum Gasteiger partial charge on any atom is 0.119 e. The van der Waals surface area contributed by atoms with Crippen LogP contribution in [0.25, 0.3) is 11.1 Å². The molecule has 0 saturated heterocycles. The van der Waals surface area contributed by atoms with E-state index in [2.05, 4.69) is 50.5 Å². The van der Waals surface area contributed by atoms with E-state index in [0.717, 1.165) is 73.9 Å². The highest BCUT2D eigenvalue weighted by Gasteiger charge is 2.11. The molecule has 0 radical (unpaired) electrons. The van der Waals surface area contributed by atoms with Crippen molar-refractivity contribution in [3.8, 4) is 17.6 Å². The Labute approximate surface area is 206 Å². The molecule has 0 saturated carbocycles. The molecule has 0 fully saturated rings. The Kier molecular flexibility index (Phi) is 12.2. The molecule has 2 aromatic carbocycles. The molecule has 0 amide bonds. The average Bonchev–Trinajstić information content (AvgIpc) is 2.88. The number of likely N-dealkylation sites (N-methyl/N-ethyl adjacent to an activating group) is 2. The van der Waals surface area contributed by atoms with Crippen molar-refractivity contribution in [2.24, 2.45) is 0 Å². The van der Waals surface area contributed by atoms with Gasteiger partial charge in [-0.05, 0) is 85.7 Å². The Morgan fingerprint density at radius 1 is 0.676 bits per heavy atom. The van der Waals surface area contributed by atoms with Crippen LogP contribution in [-0.4, -0.2) is 62.3 Å². The van der Waals surface area contributed by atoms with E-state index in [1.54, 1.807) is 0 Å². The molecule has 0 aliphatic heterocycles. The molecule has 0 aliphatic carbocycles. The predicted octanol–water partition coefficient (Wildman–Crippen LogP) is 5.97. The Morgan fingerprint density at radius 2 is 1.09 bits per heavy atom. The van der Waals surface area contributed by atoms with Crippen LogP contribution in [0, 0.1) is 11.3 Å². The fourth-order valence-electron chi connectivity index (χ4n) is 3.97. The van der Waals surface area contributed by atoms with Gasteiger partial charge in [-0.1, -0.05) is 46.8 Å². The largest absolute Gasteiger partial charge is 0.492 e. The highest BCUT2D eigenvalue weighted by atomic mass is 16.5. The number of ether oxygens (including phenoxy) is 2. The fourth-order valence-corrected chi connectivity index (χ4v) is 3.97. The SMILES string of the molecule is CC/C(=C(\C#N)c1ccc(OCCN(CC)CC)cc1)c1ccc(OCCN(CC)CC)cc1. The van der Waals surface area contributed by atoms with Gasteiger partial charge in [0.2, 0.25) is 0 Å². The van der Waals surface area contributed by atoms with Crippen LogP contribution in [0.3, 0.4) is 0 Å². The lowest BCUT2D eigenvalue weighted by molar-refractivity contribution is 0.223. The third-order valence-corrected chi connectivity index (χ3v) is 6.25. The van der Waals surface area contributed by atoms with Crippen molar-refractivity contribution in [3.05, 3.63) is 59.7 Å². The number of hydrogen-bond donors (Lipinski definition) is 0. The number of rotatable bonds is 15. The van der Waals surface area contributed by atoms with E-state index >= 15 is 0 Å². The number of nitrogens with zero attached hydrogens (tertiary/aromatic N) is 3. The molecular formula is C29H41N3O2. The quantitative estimate of drug-likeness (QED) is 0.240. The van der Waals surface area contributed by atoms with Crippen LogP contribution in [0.15, 0.2) is 48.5 Å². The summed E-state index contributed by atoms with van der Waals surface area (Å²) in [6, 6.07) is 18.4. The smallest absolute Gasteiger partial charge is 0.119 e. The zero-order valence-electron chi connectivity index (χ0n) is 21.6. The molecule has 34 heavy (non-hydrogen) atoms. The Balaban J connectivity index is 2.08. The monoisotopic (exact) mass is 463 g/mol. The summed E-state index contributed by atoms with van der Waals surface area (Å²) in [4.78, 5) is 4.67. The van der Waals surface area contributed by atoms with E-state index in [4.69, 9.17) is 9.47 Å². The van der Waals surface area contributed by atoms with E-state index in [1.165, 1.54) is 0 Å². The number of hydrogen-bond acceptors (Lipinski definition) is 5. The summed E-state index contributed by atoms with van der Waals surface area (Å²) < 4.78 is 11.8. The molecule has 5 heteroatoms. The molecule has 184 valence electrons. The van der Waals surface area contributed by atoms with Gasteiger partial charge in [-0.3, -0.25) is 0 Å². The minimum atomic E-state index is 0.658. The summed E-state index contributed by atoms with van der Waals surface area (Å²) >= 11 is 0. The highest BCUT2D eigenvalue weighted by molar-refractivity contribution is 5.97. The summed E-state index contributed by atoms with van der Waals surface area (Å²) in [6.45, 7) is 18.0. The van der Waals surface area contributed by atoms with Crippen molar-refractivity contribution in [2.45, 2.75) is 41.0 Å². The molecule has 0 spiro atoms. The van der Waals surface area contributed by atoms with Crippen LogP contribution in [0.2, 0.25) is 0 Å². The number of nitriles is 1. The minimum absolute atomic E-state index is 0.658. The molecule has 0 aromatic heterocycles. The van der Waals surface area contributed by atoms with Gasteiger partial charge >= 0.3 is 0 Å². The first kappa shape index (κ1) is 27.4. The van der Waals surface area contributed by atoms with Gasteiger partial charge in [0.1, 0.15) is 30.8 Å². The molecule has 2 rings (SSSR count). The third kappa shape index (κ3) is 8.20. The molecule has 0 N–H and O–H groups in total. The second kappa shape index (κ2) is 15.2. The van der Waals surface area contributed by atoms with Crippen molar-refractivity contribution in [3.63, 3.8) is 0 Å². The topological polar surface area (TPSA) is 48.7 Å². The maximum absolute atomic E-state index is 9.96. The van der Waals surface area contributed by atoms with E-state index < -0.39 is 0 Å². The van der Waals surface area contributed by atoms with Crippen molar-refractivity contribution in [1.82, 2.24) is 9.80 Å².